The standard InChI is InChI=1S/C24H22N8O/c33-23(32-12-11-31-10-9-26-22(31)15-32)21-14-16-13-17(4-5-18(16)29-21)28-24-27-8-6-20(30-24)19-3-1-2-7-25-19/h3-10,13-14,29H,1-2,11-12,15H2,(H,27,28,30). The fourth-order valence-corrected chi connectivity index (χ4v) is 4.21. The summed E-state index contributed by atoms with van der Waals surface area (Å²) >= 11 is 0. The van der Waals surface area contributed by atoms with Crippen molar-refractivity contribution in [1.82, 2.24) is 29.4 Å². The van der Waals surface area contributed by atoms with Crippen LogP contribution in [-0.2, 0) is 13.1 Å². The molecule has 2 N–H and O–H groups in total. The Balaban J connectivity index is 1.21. The van der Waals surface area contributed by atoms with Gasteiger partial charge in [-0.15, -0.1) is 0 Å². The molecule has 9 nitrogen and oxygen atoms in total. The number of imidazole rings is 1. The van der Waals surface area contributed by atoms with E-state index in [-0.39, 0.29) is 5.91 Å². The van der Waals surface area contributed by atoms with Crippen LogP contribution in [0.4, 0.5) is 11.6 Å². The van der Waals surface area contributed by atoms with Crippen molar-refractivity contribution < 1.29 is 4.79 Å². The zero-order valence-electron chi connectivity index (χ0n) is 17.9. The summed E-state index contributed by atoms with van der Waals surface area (Å²) in [5.41, 5.74) is 3.98. The predicted molar refractivity (Wildman–Crippen MR) is 126 cm³/mol. The maximum Gasteiger partial charge on any atom is 0.270 e. The highest BCUT2D eigenvalue weighted by atomic mass is 16.2. The summed E-state index contributed by atoms with van der Waals surface area (Å²) in [4.78, 5) is 35.9. The lowest BCUT2D eigenvalue weighted by Crippen LogP contribution is -2.38. The minimum Gasteiger partial charge on any atom is -0.351 e. The summed E-state index contributed by atoms with van der Waals surface area (Å²) in [6.45, 7) is 1.94. The molecule has 2 aliphatic heterocycles. The van der Waals surface area contributed by atoms with Crippen LogP contribution in [0.25, 0.3) is 16.6 Å². The number of hydrogen-bond acceptors (Lipinski definition) is 6. The molecule has 0 bridgehead atoms. The number of anilines is 2. The van der Waals surface area contributed by atoms with Crippen molar-refractivity contribution in [1.29, 1.82) is 0 Å². The number of hydrogen-bond donors (Lipinski definition) is 2. The Morgan fingerprint density at radius 2 is 2.03 bits per heavy atom. The van der Waals surface area contributed by atoms with Crippen molar-refractivity contribution in [3.8, 4) is 0 Å². The number of rotatable bonds is 4. The molecular formula is C24H22N8O. The van der Waals surface area contributed by atoms with E-state index in [4.69, 9.17) is 0 Å². The molecule has 0 atom stereocenters. The molecule has 164 valence electrons. The molecule has 5 heterocycles. The van der Waals surface area contributed by atoms with Gasteiger partial charge in [-0.2, -0.15) is 0 Å². The van der Waals surface area contributed by atoms with E-state index in [2.05, 4.69) is 40.9 Å². The molecule has 0 fully saturated rings. The number of aromatic amines is 1. The summed E-state index contributed by atoms with van der Waals surface area (Å²) in [5.74, 6) is 1.39. The summed E-state index contributed by atoms with van der Waals surface area (Å²) in [7, 11) is 0. The van der Waals surface area contributed by atoms with Gasteiger partial charge < -0.3 is 19.8 Å². The Morgan fingerprint density at radius 1 is 1.06 bits per heavy atom. The van der Waals surface area contributed by atoms with Crippen molar-refractivity contribution in [3.63, 3.8) is 0 Å². The third-order valence-electron chi connectivity index (χ3n) is 5.92. The van der Waals surface area contributed by atoms with Crippen LogP contribution in [0.2, 0.25) is 0 Å². The van der Waals surface area contributed by atoms with Crippen LogP contribution in [0.5, 0.6) is 0 Å². The highest BCUT2D eigenvalue weighted by Crippen LogP contribution is 2.24. The van der Waals surface area contributed by atoms with E-state index in [0.717, 1.165) is 53.2 Å². The second-order valence-corrected chi connectivity index (χ2v) is 8.12. The molecule has 0 spiro atoms. The lowest BCUT2D eigenvalue weighted by Gasteiger charge is -2.27. The molecule has 1 amide bonds. The van der Waals surface area contributed by atoms with Crippen LogP contribution >= 0.6 is 0 Å². The van der Waals surface area contributed by atoms with Crippen molar-refractivity contribution in [2.75, 3.05) is 11.9 Å². The van der Waals surface area contributed by atoms with Crippen LogP contribution < -0.4 is 5.32 Å². The zero-order valence-corrected chi connectivity index (χ0v) is 17.9. The maximum atomic E-state index is 13.1. The van der Waals surface area contributed by atoms with E-state index in [0.29, 0.717) is 24.7 Å². The number of benzene rings is 1. The van der Waals surface area contributed by atoms with E-state index >= 15 is 0 Å². The largest absolute Gasteiger partial charge is 0.351 e. The predicted octanol–water partition coefficient (Wildman–Crippen LogP) is 3.76. The average molecular weight is 438 g/mol. The lowest BCUT2D eigenvalue weighted by atomic mass is 10.2. The van der Waals surface area contributed by atoms with Gasteiger partial charge in [-0.3, -0.25) is 9.79 Å². The fraction of sp³-hybridized carbons (Fsp3) is 0.208. The normalized spacial score (nSPS) is 15.4. The third-order valence-corrected chi connectivity index (χ3v) is 5.92. The average Bonchev–Trinajstić information content (AvgIpc) is 3.50. The van der Waals surface area contributed by atoms with Crippen LogP contribution in [-0.4, -0.2) is 48.1 Å². The van der Waals surface area contributed by atoms with Crippen molar-refractivity contribution in [3.05, 3.63) is 72.2 Å². The van der Waals surface area contributed by atoms with Crippen molar-refractivity contribution in [2.24, 2.45) is 4.99 Å². The Morgan fingerprint density at radius 3 is 2.94 bits per heavy atom. The number of fused-ring (bicyclic) bond motifs is 2. The molecule has 0 saturated heterocycles. The van der Waals surface area contributed by atoms with Gasteiger partial charge in [-0.1, -0.05) is 6.08 Å². The quantitative estimate of drug-likeness (QED) is 0.505. The van der Waals surface area contributed by atoms with E-state index < -0.39 is 0 Å². The molecule has 4 aromatic rings. The van der Waals surface area contributed by atoms with Crippen LogP contribution in [0, 0.1) is 0 Å². The number of H-pyrrole nitrogens is 1. The second-order valence-electron chi connectivity index (χ2n) is 8.12. The molecule has 3 aromatic heterocycles. The second kappa shape index (κ2) is 8.01. The molecule has 6 rings (SSSR count). The van der Waals surface area contributed by atoms with Gasteiger partial charge in [0.1, 0.15) is 11.5 Å². The van der Waals surface area contributed by atoms with Crippen LogP contribution in [0.15, 0.2) is 60.0 Å². The summed E-state index contributed by atoms with van der Waals surface area (Å²) < 4.78 is 2.08. The molecule has 1 aromatic carbocycles. The number of allylic oxidation sites excluding steroid dienone is 1. The molecule has 9 heteroatoms. The minimum atomic E-state index is -0.0210. The molecule has 0 aliphatic carbocycles. The molecule has 0 radical (unpaired) electrons. The Bertz CT molecular complexity index is 1410. The van der Waals surface area contributed by atoms with E-state index in [1.54, 1.807) is 12.4 Å². The van der Waals surface area contributed by atoms with Crippen LogP contribution in [0.3, 0.4) is 0 Å². The van der Waals surface area contributed by atoms with Gasteiger partial charge in [-0.25, -0.2) is 15.0 Å². The first-order valence-corrected chi connectivity index (χ1v) is 11.0. The Hall–Kier alpha value is -4.27. The maximum absolute atomic E-state index is 13.1. The number of nitrogens with one attached hydrogen (secondary N) is 2. The van der Waals surface area contributed by atoms with Crippen molar-refractivity contribution in [2.45, 2.75) is 25.9 Å². The first-order chi connectivity index (χ1) is 16.2. The van der Waals surface area contributed by atoms with Gasteiger partial charge in [0, 0.05) is 54.5 Å². The Labute approximate surface area is 189 Å². The minimum absolute atomic E-state index is 0.0210. The van der Waals surface area contributed by atoms with Crippen molar-refractivity contribution >= 4 is 40.4 Å². The van der Waals surface area contributed by atoms with E-state index in [1.165, 1.54) is 0 Å². The monoisotopic (exact) mass is 438 g/mol. The number of carbonyl (C=O) groups is 1. The molecular weight excluding hydrogens is 416 g/mol. The fourth-order valence-electron chi connectivity index (χ4n) is 4.21. The van der Waals surface area contributed by atoms with E-state index in [9.17, 15) is 4.79 Å². The topological polar surface area (TPSA) is 104 Å². The SMILES string of the molecule is O=C(c1cc2cc(Nc3nccc(C4=CCCC=N4)n3)ccc2[nH]1)N1CCn2ccnc2C1. The first kappa shape index (κ1) is 19.4. The summed E-state index contributed by atoms with van der Waals surface area (Å²) in [5, 5.41) is 4.21. The van der Waals surface area contributed by atoms with Gasteiger partial charge in [0.15, 0.2) is 0 Å². The molecule has 33 heavy (non-hydrogen) atoms. The van der Waals surface area contributed by atoms with Gasteiger partial charge in [0.2, 0.25) is 5.95 Å². The van der Waals surface area contributed by atoms with E-state index in [1.807, 2.05) is 47.6 Å². The number of aromatic nitrogens is 5. The molecule has 0 unspecified atom stereocenters. The van der Waals surface area contributed by atoms with Gasteiger partial charge in [-0.05, 0) is 43.2 Å². The lowest BCUT2D eigenvalue weighted by molar-refractivity contribution is 0.0702. The third kappa shape index (κ3) is 3.78. The number of aliphatic imine (C=N–C) groups is 1. The molecule has 2 aliphatic rings. The molecule has 0 saturated carbocycles. The summed E-state index contributed by atoms with van der Waals surface area (Å²) in [6, 6.07) is 9.64. The van der Waals surface area contributed by atoms with Gasteiger partial charge in [0.25, 0.3) is 5.91 Å². The smallest absolute Gasteiger partial charge is 0.270 e. The zero-order chi connectivity index (χ0) is 22.2. The van der Waals surface area contributed by atoms with Crippen LogP contribution in [0.1, 0.15) is 34.8 Å². The Kier molecular flexibility index (Phi) is 4.71. The number of amides is 1. The van der Waals surface area contributed by atoms with Gasteiger partial charge >= 0.3 is 0 Å². The number of nitrogens with zero attached hydrogens (tertiary/aromatic N) is 6. The number of carbonyl (C=O) groups excluding carboxylic acids is 1. The highest BCUT2D eigenvalue weighted by molar-refractivity contribution is 5.98. The first-order valence-electron chi connectivity index (χ1n) is 11.0. The highest BCUT2D eigenvalue weighted by Gasteiger charge is 2.23. The van der Waals surface area contributed by atoms with Gasteiger partial charge in [0.05, 0.1) is 17.9 Å². The summed E-state index contributed by atoms with van der Waals surface area (Å²) in [6.07, 6.45) is 11.4.